The fourth-order valence-corrected chi connectivity index (χ4v) is 2.12. The SMILES string of the molecule is CC(C)N(C)C.CC(C)N1CCC1.CC(C)N1CCCC1.CNC(C)C. The van der Waals surface area contributed by atoms with Gasteiger partial charge in [0.1, 0.15) is 0 Å². The Kier molecular flexibility index (Phi) is 18.3. The van der Waals surface area contributed by atoms with Crippen LogP contribution in [0.3, 0.4) is 0 Å². The van der Waals surface area contributed by atoms with Crippen molar-refractivity contribution >= 4 is 0 Å². The van der Waals surface area contributed by atoms with Crippen molar-refractivity contribution in [2.75, 3.05) is 47.3 Å². The van der Waals surface area contributed by atoms with E-state index in [2.05, 4.69) is 89.5 Å². The van der Waals surface area contributed by atoms with Crippen molar-refractivity contribution < 1.29 is 0 Å². The van der Waals surface area contributed by atoms with Gasteiger partial charge in [0.15, 0.2) is 0 Å². The Morgan fingerprint density at radius 3 is 1.00 bits per heavy atom. The van der Waals surface area contributed by atoms with Crippen molar-refractivity contribution in [3.05, 3.63) is 0 Å². The molecule has 0 aromatic rings. The molecule has 160 valence electrons. The van der Waals surface area contributed by atoms with Crippen LogP contribution in [0.5, 0.6) is 0 Å². The monoisotopic (exact) mass is 372 g/mol. The summed E-state index contributed by atoms with van der Waals surface area (Å²) in [5.74, 6) is 0. The van der Waals surface area contributed by atoms with Crippen molar-refractivity contribution in [2.24, 2.45) is 0 Å². The van der Waals surface area contributed by atoms with E-state index in [1.807, 2.05) is 7.05 Å². The van der Waals surface area contributed by atoms with E-state index in [9.17, 15) is 0 Å². The number of hydrogen-bond acceptors (Lipinski definition) is 4. The molecular weight excluding hydrogens is 320 g/mol. The number of rotatable bonds is 4. The maximum absolute atomic E-state index is 3.03. The highest BCUT2D eigenvalue weighted by atomic mass is 15.2. The maximum atomic E-state index is 3.03. The van der Waals surface area contributed by atoms with E-state index in [4.69, 9.17) is 0 Å². The summed E-state index contributed by atoms with van der Waals surface area (Å²) in [4.78, 5) is 7.17. The number of likely N-dealkylation sites (tertiary alicyclic amines) is 2. The highest BCUT2D eigenvalue weighted by Gasteiger charge is 2.15. The molecule has 1 N–H and O–H groups in total. The first-order valence-electron chi connectivity index (χ1n) is 10.8. The van der Waals surface area contributed by atoms with Crippen LogP contribution < -0.4 is 5.32 Å². The third-order valence-corrected chi connectivity index (χ3v) is 5.10. The van der Waals surface area contributed by atoms with Crippen LogP contribution in [0, 0.1) is 0 Å². The van der Waals surface area contributed by atoms with E-state index in [0.717, 1.165) is 12.1 Å². The molecular formula is C22H52N4. The molecule has 0 aromatic carbocycles. The summed E-state index contributed by atoms with van der Waals surface area (Å²) in [5, 5.41) is 3.03. The lowest BCUT2D eigenvalue weighted by atomic mass is 10.2. The first-order chi connectivity index (χ1) is 12.0. The first-order valence-corrected chi connectivity index (χ1v) is 10.8. The van der Waals surface area contributed by atoms with Gasteiger partial charge in [0.25, 0.3) is 0 Å². The van der Waals surface area contributed by atoms with E-state index in [1.54, 1.807) is 0 Å². The summed E-state index contributed by atoms with van der Waals surface area (Å²) in [5.41, 5.74) is 0. The minimum Gasteiger partial charge on any atom is -0.318 e. The molecule has 2 aliphatic rings. The van der Waals surface area contributed by atoms with Gasteiger partial charge >= 0.3 is 0 Å². The Balaban J connectivity index is 0. The molecule has 2 rings (SSSR count). The molecule has 2 saturated heterocycles. The molecule has 0 radical (unpaired) electrons. The van der Waals surface area contributed by atoms with Crippen molar-refractivity contribution in [1.29, 1.82) is 0 Å². The zero-order valence-corrected chi connectivity index (χ0v) is 20.1. The third kappa shape index (κ3) is 17.3. The third-order valence-electron chi connectivity index (χ3n) is 5.10. The molecule has 0 atom stereocenters. The maximum Gasteiger partial charge on any atom is 0.00386 e. The average Bonchev–Trinajstić information content (AvgIpc) is 3.01. The van der Waals surface area contributed by atoms with E-state index in [0.29, 0.717) is 12.1 Å². The highest BCUT2D eigenvalue weighted by Crippen LogP contribution is 2.10. The lowest BCUT2D eigenvalue weighted by Gasteiger charge is -2.34. The molecule has 0 spiro atoms. The normalized spacial score (nSPS) is 17.5. The quantitative estimate of drug-likeness (QED) is 0.800. The fraction of sp³-hybridized carbons (Fsp3) is 1.00. The Labute approximate surface area is 166 Å². The standard InChI is InChI=1S/C7H15N.C6H13N.C5H13N.C4H11N/c1-7(2)8-5-3-4-6-8;1-6(2)7-4-3-5-7;1-5(2)6(3)4;1-4(2)5-3/h7H,3-6H2,1-2H3;6H,3-5H2,1-2H3;5H,1-4H3;4-5H,1-3H3. The van der Waals surface area contributed by atoms with Gasteiger partial charge in [-0.2, -0.15) is 0 Å². The molecule has 0 saturated carbocycles. The molecule has 2 aliphatic heterocycles. The van der Waals surface area contributed by atoms with Gasteiger partial charge in [-0.15, -0.1) is 0 Å². The van der Waals surface area contributed by atoms with Gasteiger partial charge in [0.05, 0.1) is 0 Å². The zero-order valence-electron chi connectivity index (χ0n) is 20.1. The van der Waals surface area contributed by atoms with E-state index >= 15 is 0 Å². The molecule has 0 aliphatic carbocycles. The molecule has 4 nitrogen and oxygen atoms in total. The Hall–Kier alpha value is -0.160. The predicted molar refractivity (Wildman–Crippen MR) is 120 cm³/mol. The van der Waals surface area contributed by atoms with Crippen LogP contribution in [0.1, 0.15) is 74.7 Å². The number of nitrogens with zero attached hydrogens (tertiary/aromatic N) is 3. The first kappa shape index (κ1) is 28.1. The molecule has 0 aromatic heterocycles. The molecule has 2 heterocycles. The van der Waals surface area contributed by atoms with Gasteiger partial charge in [-0.1, -0.05) is 13.8 Å². The van der Waals surface area contributed by atoms with Crippen LogP contribution in [0.15, 0.2) is 0 Å². The smallest absolute Gasteiger partial charge is 0.00386 e. The van der Waals surface area contributed by atoms with Gasteiger partial charge < -0.3 is 20.0 Å². The fourth-order valence-electron chi connectivity index (χ4n) is 2.12. The second kappa shape index (κ2) is 17.0. The Morgan fingerprint density at radius 1 is 0.654 bits per heavy atom. The number of nitrogens with one attached hydrogen (secondary N) is 1. The lowest BCUT2D eigenvalue weighted by Crippen LogP contribution is -2.41. The van der Waals surface area contributed by atoms with Crippen LogP contribution >= 0.6 is 0 Å². The molecule has 2 fully saturated rings. The van der Waals surface area contributed by atoms with E-state index in [1.165, 1.54) is 45.4 Å². The van der Waals surface area contributed by atoms with Crippen molar-refractivity contribution in [3.63, 3.8) is 0 Å². The van der Waals surface area contributed by atoms with Crippen molar-refractivity contribution in [2.45, 2.75) is 98.8 Å². The van der Waals surface area contributed by atoms with E-state index < -0.39 is 0 Å². The van der Waals surface area contributed by atoms with Crippen molar-refractivity contribution in [1.82, 2.24) is 20.0 Å². The predicted octanol–water partition coefficient (Wildman–Crippen LogP) is 4.16. The summed E-state index contributed by atoms with van der Waals surface area (Å²) in [6.45, 7) is 22.9. The molecule has 4 heteroatoms. The minimum absolute atomic E-state index is 0.634. The lowest BCUT2D eigenvalue weighted by molar-refractivity contribution is 0.138. The average molecular weight is 373 g/mol. The van der Waals surface area contributed by atoms with Gasteiger partial charge in [-0.05, 0) is 108 Å². The minimum atomic E-state index is 0.634. The van der Waals surface area contributed by atoms with Crippen LogP contribution in [0.4, 0.5) is 0 Å². The molecule has 0 amide bonds. The van der Waals surface area contributed by atoms with E-state index in [-0.39, 0.29) is 0 Å². The van der Waals surface area contributed by atoms with Gasteiger partial charge in [-0.25, -0.2) is 0 Å². The van der Waals surface area contributed by atoms with Gasteiger partial charge in [0, 0.05) is 24.2 Å². The van der Waals surface area contributed by atoms with Crippen LogP contribution in [-0.4, -0.2) is 86.2 Å². The number of hydrogen-bond donors (Lipinski definition) is 1. The second-order valence-electron chi connectivity index (χ2n) is 8.82. The molecule has 0 bridgehead atoms. The largest absolute Gasteiger partial charge is 0.318 e. The summed E-state index contributed by atoms with van der Waals surface area (Å²) >= 11 is 0. The highest BCUT2D eigenvalue weighted by molar-refractivity contribution is 4.71. The van der Waals surface area contributed by atoms with Crippen LogP contribution in [0.2, 0.25) is 0 Å². The van der Waals surface area contributed by atoms with Gasteiger partial charge in [0.2, 0.25) is 0 Å². The van der Waals surface area contributed by atoms with Gasteiger partial charge in [-0.3, -0.25) is 0 Å². The summed E-state index contributed by atoms with van der Waals surface area (Å²) < 4.78 is 0. The summed E-state index contributed by atoms with van der Waals surface area (Å²) in [7, 11) is 6.10. The molecule has 26 heavy (non-hydrogen) atoms. The zero-order chi connectivity index (χ0) is 20.7. The Morgan fingerprint density at radius 2 is 0.923 bits per heavy atom. The van der Waals surface area contributed by atoms with Crippen LogP contribution in [-0.2, 0) is 0 Å². The topological polar surface area (TPSA) is 21.8 Å². The van der Waals surface area contributed by atoms with Crippen LogP contribution in [0.25, 0.3) is 0 Å². The Bertz CT molecular complexity index is 272. The summed E-state index contributed by atoms with van der Waals surface area (Å²) in [6, 6.07) is 2.88. The molecule has 0 unspecified atom stereocenters. The van der Waals surface area contributed by atoms with Crippen molar-refractivity contribution in [3.8, 4) is 0 Å². The summed E-state index contributed by atoms with van der Waals surface area (Å²) in [6.07, 6.45) is 4.24. The second-order valence-corrected chi connectivity index (χ2v) is 8.82.